The van der Waals surface area contributed by atoms with Gasteiger partial charge in [0, 0.05) is 0 Å². The van der Waals surface area contributed by atoms with Gasteiger partial charge >= 0.3 is 0 Å². The molecule has 0 spiro atoms. The van der Waals surface area contributed by atoms with Crippen LogP contribution in [0.4, 0.5) is 0 Å². The minimum Gasteiger partial charge on any atom is -0.493 e. The lowest BCUT2D eigenvalue weighted by molar-refractivity contribution is 0.270. The van der Waals surface area contributed by atoms with Crippen LogP contribution < -0.4 is 4.74 Å². The average molecular weight is 217 g/mol. The van der Waals surface area contributed by atoms with E-state index >= 15 is 0 Å². The number of hydrogen-bond acceptors (Lipinski definition) is 1. The molecular weight excluding hydrogens is 196 g/mol. The van der Waals surface area contributed by atoms with Crippen LogP contribution in [0.25, 0.3) is 0 Å². The van der Waals surface area contributed by atoms with E-state index in [1.165, 1.54) is 5.56 Å². The van der Waals surface area contributed by atoms with Gasteiger partial charge in [0.05, 0.1) is 6.61 Å². The Hall–Kier alpha value is -1.24. The Morgan fingerprint density at radius 2 is 1.88 bits per heavy atom. The van der Waals surface area contributed by atoms with E-state index in [4.69, 9.17) is 4.74 Å². The summed E-state index contributed by atoms with van der Waals surface area (Å²) in [6.07, 6.45) is 2.92. The molecule has 16 heavy (non-hydrogen) atoms. The topological polar surface area (TPSA) is 9.23 Å². The average Bonchev–Trinajstić information content (AvgIpc) is 2.25. The minimum absolute atomic E-state index is 0.495. The van der Waals surface area contributed by atoms with Crippen LogP contribution >= 0.6 is 0 Å². The van der Waals surface area contributed by atoms with E-state index in [0.29, 0.717) is 11.8 Å². The zero-order chi connectivity index (χ0) is 12.1. The maximum atomic E-state index is 5.73. The Kier molecular flexibility index (Phi) is 4.60. The Morgan fingerprint density at radius 3 is 2.38 bits per heavy atom. The van der Waals surface area contributed by atoms with E-state index in [1.807, 2.05) is 6.07 Å². The molecule has 87 valence electrons. The van der Waals surface area contributed by atoms with E-state index < -0.39 is 0 Å². The zero-order valence-corrected chi connectivity index (χ0v) is 10.7. The van der Waals surface area contributed by atoms with Gasteiger partial charge in [0.15, 0.2) is 0 Å². The molecule has 1 nitrogen and oxygen atoms in total. The van der Waals surface area contributed by atoms with Gasteiger partial charge in [-0.15, -0.1) is 0 Å². The van der Waals surface area contributed by atoms with Crippen molar-refractivity contribution in [3.05, 3.63) is 42.0 Å². The van der Waals surface area contributed by atoms with Crippen molar-refractivity contribution < 1.29 is 4.74 Å². The first-order valence-electron chi connectivity index (χ1n) is 5.83. The summed E-state index contributed by atoms with van der Waals surface area (Å²) < 4.78 is 5.73. The van der Waals surface area contributed by atoms with Crippen molar-refractivity contribution in [2.75, 3.05) is 6.61 Å². The SMILES string of the molecule is C=[C]c1cc(OCC(C)C)cc(C(C)C)c1. The lowest BCUT2D eigenvalue weighted by atomic mass is 10.0. The van der Waals surface area contributed by atoms with E-state index in [9.17, 15) is 0 Å². The second kappa shape index (κ2) is 5.74. The second-order valence-corrected chi connectivity index (χ2v) is 4.83. The summed E-state index contributed by atoms with van der Waals surface area (Å²) in [6.45, 7) is 13.1. The third-order valence-electron chi connectivity index (χ3n) is 2.38. The quantitative estimate of drug-likeness (QED) is 0.719. The van der Waals surface area contributed by atoms with Crippen molar-refractivity contribution in [3.63, 3.8) is 0 Å². The number of ether oxygens (including phenoxy) is 1. The molecule has 0 bridgehead atoms. The van der Waals surface area contributed by atoms with Crippen LogP contribution in [-0.2, 0) is 0 Å². The summed E-state index contributed by atoms with van der Waals surface area (Å²) in [5.74, 6) is 1.96. The standard InChI is InChI=1S/C15H21O/c1-6-13-7-14(12(4)5)9-15(8-13)16-10-11(2)3/h7-9,11-12H,1,10H2,2-5H3. The number of rotatable bonds is 5. The molecule has 0 unspecified atom stereocenters. The van der Waals surface area contributed by atoms with Gasteiger partial charge in [-0.3, -0.25) is 0 Å². The predicted octanol–water partition coefficient (Wildman–Crippen LogP) is 4.18. The maximum Gasteiger partial charge on any atom is 0.120 e. The summed E-state index contributed by atoms with van der Waals surface area (Å²) in [4.78, 5) is 0. The van der Waals surface area contributed by atoms with Crippen LogP contribution in [0.5, 0.6) is 5.75 Å². The molecule has 1 radical (unpaired) electrons. The van der Waals surface area contributed by atoms with Crippen molar-refractivity contribution in [2.45, 2.75) is 33.6 Å². The zero-order valence-electron chi connectivity index (χ0n) is 10.7. The lowest BCUT2D eigenvalue weighted by Gasteiger charge is -2.13. The maximum absolute atomic E-state index is 5.73. The molecule has 0 aromatic heterocycles. The second-order valence-electron chi connectivity index (χ2n) is 4.83. The van der Waals surface area contributed by atoms with E-state index in [1.54, 1.807) is 0 Å². The van der Waals surface area contributed by atoms with Crippen molar-refractivity contribution in [1.29, 1.82) is 0 Å². The van der Waals surface area contributed by atoms with Crippen LogP contribution in [0.15, 0.2) is 24.8 Å². The highest BCUT2D eigenvalue weighted by Gasteiger charge is 2.04. The number of hydrogen-bond donors (Lipinski definition) is 0. The molecule has 1 aromatic carbocycles. The van der Waals surface area contributed by atoms with Gasteiger partial charge in [-0.2, -0.15) is 0 Å². The molecule has 1 heteroatoms. The third kappa shape index (κ3) is 3.73. The van der Waals surface area contributed by atoms with Gasteiger partial charge in [-0.05, 0) is 41.2 Å². The lowest BCUT2D eigenvalue weighted by Crippen LogP contribution is -2.05. The van der Waals surface area contributed by atoms with Gasteiger partial charge in [0.1, 0.15) is 5.75 Å². The molecule has 0 fully saturated rings. The summed E-state index contributed by atoms with van der Waals surface area (Å²) in [7, 11) is 0. The molecule has 0 saturated carbocycles. The highest BCUT2D eigenvalue weighted by molar-refractivity contribution is 5.38. The molecule has 0 saturated heterocycles. The first-order chi connectivity index (χ1) is 7.52. The molecule has 0 atom stereocenters. The predicted molar refractivity (Wildman–Crippen MR) is 68.8 cm³/mol. The van der Waals surface area contributed by atoms with Gasteiger partial charge in [0.25, 0.3) is 0 Å². The van der Waals surface area contributed by atoms with Crippen molar-refractivity contribution >= 4 is 0 Å². The highest BCUT2D eigenvalue weighted by atomic mass is 16.5. The van der Waals surface area contributed by atoms with Gasteiger partial charge in [-0.25, -0.2) is 0 Å². The molecule has 0 N–H and O–H groups in total. The van der Waals surface area contributed by atoms with Crippen LogP contribution in [0.3, 0.4) is 0 Å². The molecule has 0 amide bonds. The van der Waals surface area contributed by atoms with E-state index in [0.717, 1.165) is 17.9 Å². The van der Waals surface area contributed by atoms with Crippen molar-refractivity contribution in [2.24, 2.45) is 5.92 Å². The minimum atomic E-state index is 0.495. The molecule has 1 rings (SSSR count). The van der Waals surface area contributed by atoms with Gasteiger partial charge in [-0.1, -0.05) is 40.3 Å². The fraction of sp³-hybridized carbons (Fsp3) is 0.467. The Balaban J connectivity index is 2.90. The smallest absolute Gasteiger partial charge is 0.120 e. The van der Waals surface area contributed by atoms with Crippen molar-refractivity contribution in [3.8, 4) is 5.75 Å². The number of benzene rings is 1. The fourth-order valence-electron chi connectivity index (χ4n) is 1.40. The highest BCUT2D eigenvalue weighted by Crippen LogP contribution is 2.23. The van der Waals surface area contributed by atoms with Crippen LogP contribution in [0.1, 0.15) is 44.7 Å². The van der Waals surface area contributed by atoms with Crippen LogP contribution in [0.2, 0.25) is 0 Å². The van der Waals surface area contributed by atoms with Gasteiger partial charge < -0.3 is 4.74 Å². The summed E-state index contributed by atoms with van der Waals surface area (Å²) in [5.41, 5.74) is 2.28. The summed E-state index contributed by atoms with van der Waals surface area (Å²) in [6, 6.07) is 6.20. The Morgan fingerprint density at radius 1 is 1.19 bits per heavy atom. The molecule has 0 aliphatic carbocycles. The summed E-state index contributed by atoms with van der Waals surface area (Å²) in [5, 5.41) is 0. The van der Waals surface area contributed by atoms with Crippen molar-refractivity contribution in [1.82, 2.24) is 0 Å². The summed E-state index contributed by atoms with van der Waals surface area (Å²) >= 11 is 0. The Labute approximate surface area is 99.1 Å². The van der Waals surface area contributed by atoms with Gasteiger partial charge in [0.2, 0.25) is 0 Å². The monoisotopic (exact) mass is 217 g/mol. The molecule has 0 heterocycles. The van der Waals surface area contributed by atoms with Crippen LogP contribution in [0, 0.1) is 12.0 Å². The first-order valence-corrected chi connectivity index (χ1v) is 5.83. The third-order valence-corrected chi connectivity index (χ3v) is 2.38. The molecule has 1 aromatic rings. The van der Waals surface area contributed by atoms with E-state index in [2.05, 4.69) is 52.5 Å². The Bertz CT molecular complexity index is 350. The molecular formula is C15H21O. The molecule has 0 aliphatic heterocycles. The normalized spacial score (nSPS) is 10.9. The fourth-order valence-corrected chi connectivity index (χ4v) is 1.40. The van der Waals surface area contributed by atoms with E-state index in [-0.39, 0.29) is 0 Å². The first kappa shape index (κ1) is 12.8. The largest absolute Gasteiger partial charge is 0.493 e. The molecule has 0 aliphatic rings. The van der Waals surface area contributed by atoms with Crippen LogP contribution in [-0.4, -0.2) is 6.61 Å².